The van der Waals surface area contributed by atoms with Gasteiger partial charge in [0.2, 0.25) is 0 Å². The lowest BCUT2D eigenvalue weighted by atomic mass is 10.1. The molecule has 88 valence electrons. The summed E-state index contributed by atoms with van der Waals surface area (Å²) in [5, 5.41) is 21.7. The maximum absolute atomic E-state index is 9.73. The molecule has 0 aliphatic heterocycles. The molecule has 0 amide bonds. The van der Waals surface area contributed by atoms with Crippen LogP contribution < -0.4 is 0 Å². The molecule has 0 saturated heterocycles. The fraction of sp³-hybridized carbons (Fsp3) is 0.900. The van der Waals surface area contributed by atoms with E-state index in [1.54, 1.807) is 0 Å². The predicted molar refractivity (Wildman–Crippen MR) is 59.6 cm³/mol. The van der Waals surface area contributed by atoms with Crippen molar-refractivity contribution < 1.29 is 5.11 Å². The van der Waals surface area contributed by atoms with E-state index < -0.39 is 6.23 Å². The first kappa shape index (κ1) is 14.0. The summed E-state index contributed by atoms with van der Waals surface area (Å²) >= 11 is 0. The van der Waals surface area contributed by atoms with Crippen LogP contribution in [0.3, 0.4) is 0 Å². The Kier molecular flexibility index (Phi) is 6.08. The van der Waals surface area contributed by atoms with Gasteiger partial charge in [0.25, 0.3) is 0 Å². The molecule has 0 aromatic carbocycles. The highest BCUT2D eigenvalue weighted by molar-refractivity contribution is 5.79. The van der Waals surface area contributed by atoms with Gasteiger partial charge < -0.3 is 5.11 Å². The van der Waals surface area contributed by atoms with Crippen LogP contribution in [0.1, 0.15) is 40.5 Å². The molecule has 0 heterocycles. The molecular formula is C10H22N4O. The minimum Gasteiger partial charge on any atom is -0.372 e. The third-order valence-corrected chi connectivity index (χ3v) is 1.95. The van der Waals surface area contributed by atoms with Crippen molar-refractivity contribution >= 4 is 5.84 Å². The Labute approximate surface area is 91.5 Å². The van der Waals surface area contributed by atoms with Gasteiger partial charge in [0.15, 0.2) is 6.23 Å². The van der Waals surface area contributed by atoms with Crippen molar-refractivity contribution in [3.05, 3.63) is 0 Å². The molecule has 0 fully saturated rings. The van der Waals surface area contributed by atoms with Gasteiger partial charge in [-0.05, 0) is 18.3 Å². The van der Waals surface area contributed by atoms with E-state index in [0.29, 0.717) is 24.7 Å². The smallest absolute Gasteiger partial charge is 0.150 e. The molecule has 1 unspecified atom stereocenters. The Balaban J connectivity index is 4.33. The second-order valence-electron chi connectivity index (χ2n) is 4.60. The summed E-state index contributed by atoms with van der Waals surface area (Å²) < 4.78 is 0. The fourth-order valence-corrected chi connectivity index (χ4v) is 1.31. The molecule has 0 aromatic rings. The lowest BCUT2D eigenvalue weighted by Gasteiger charge is -2.25. The topological polar surface area (TPSA) is 83.5 Å². The third-order valence-electron chi connectivity index (χ3n) is 1.95. The van der Waals surface area contributed by atoms with Gasteiger partial charge in [-0.1, -0.05) is 32.9 Å². The van der Waals surface area contributed by atoms with E-state index in [1.807, 2.05) is 27.7 Å². The molecule has 0 radical (unpaired) electrons. The highest BCUT2D eigenvalue weighted by Crippen LogP contribution is 2.13. The van der Waals surface area contributed by atoms with Crippen molar-refractivity contribution in [2.24, 2.45) is 17.1 Å². The van der Waals surface area contributed by atoms with Crippen LogP contribution in [-0.2, 0) is 0 Å². The van der Waals surface area contributed by atoms with Crippen LogP contribution in [0.4, 0.5) is 0 Å². The Bertz CT molecular complexity index is 215. The van der Waals surface area contributed by atoms with Crippen LogP contribution >= 0.6 is 0 Å². The Morgan fingerprint density at radius 1 is 1.27 bits per heavy atom. The molecule has 0 rings (SSSR count). The van der Waals surface area contributed by atoms with Crippen LogP contribution in [0.25, 0.3) is 0 Å². The first-order chi connectivity index (χ1) is 6.88. The first-order valence-electron chi connectivity index (χ1n) is 5.30. The van der Waals surface area contributed by atoms with Crippen LogP contribution in [0.2, 0.25) is 0 Å². The number of amidine groups is 1. The highest BCUT2D eigenvalue weighted by atomic mass is 16.3. The molecule has 15 heavy (non-hydrogen) atoms. The molecule has 0 aliphatic carbocycles. The molecular weight excluding hydrogens is 192 g/mol. The molecule has 5 heteroatoms. The number of hydrogen-bond donors (Lipinski definition) is 3. The van der Waals surface area contributed by atoms with Crippen molar-refractivity contribution in [2.45, 2.75) is 46.8 Å². The number of aliphatic hydroxyl groups is 1. The van der Waals surface area contributed by atoms with Gasteiger partial charge in [0.1, 0.15) is 5.84 Å². The quantitative estimate of drug-likeness (QED) is 0.209. The zero-order valence-corrected chi connectivity index (χ0v) is 9.99. The SMILES string of the molecule is CC(C)CC(=N)N(N=N)C(O)CC(C)C. The Hall–Kier alpha value is -0.970. The van der Waals surface area contributed by atoms with Gasteiger partial charge in [-0.25, -0.2) is 5.01 Å². The molecule has 3 N–H and O–H groups in total. The van der Waals surface area contributed by atoms with E-state index in [1.165, 1.54) is 0 Å². The molecule has 0 aliphatic rings. The summed E-state index contributed by atoms with van der Waals surface area (Å²) in [5.41, 5.74) is 6.96. The third kappa shape index (κ3) is 5.47. The number of aliphatic hydroxyl groups excluding tert-OH is 1. The van der Waals surface area contributed by atoms with Crippen molar-refractivity contribution in [3.8, 4) is 0 Å². The standard InChI is InChI=1S/C10H22N4O/c1-7(2)5-9(11)14(13-12)10(15)6-8(3)4/h7-8,10-12,15H,5-6H2,1-4H3. The monoisotopic (exact) mass is 214 g/mol. The van der Waals surface area contributed by atoms with E-state index in [-0.39, 0.29) is 5.84 Å². The highest BCUT2D eigenvalue weighted by Gasteiger charge is 2.20. The van der Waals surface area contributed by atoms with Crippen LogP contribution in [-0.4, -0.2) is 22.2 Å². The van der Waals surface area contributed by atoms with E-state index in [0.717, 1.165) is 5.01 Å². The molecule has 5 nitrogen and oxygen atoms in total. The van der Waals surface area contributed by atoms with Crippen molar-refractivity contribution in [1.29, 1.82) is 10.9 Å². The summed E-state index contributed by atoms with van der Waals surface area (Å²) in [4.78, 5) is 0. The van der Waals surface area contributed by atoms with Crippen molar-refractivity contribution in [3.63, 3.8) is 0 Å². The fourth-order valence-electron chi connectivity index (χ4n) is 1.31. The maximum atomic E-state index is 9.73. The zero-order chi connectivity index (χ0) is 12.0. The van der Waals surface area contributed by atoms with Crippen LogP contribution in [0.15, 0.2) is 5.22 Å². The minimum atomic E-state index is -0.853. The van der Waals surface area contributed by atoms with Crippen LogP contribution in [0, 0.1) is 22.8 Å². The molecule has 0 bridgehead atoms. The average molecular weight is 214 g/mol. The number of rotatable bonds is 6. The first-order valence-corrected chi connectivity index (χ1v) is 5.30. The minimum absolute atomic E-state index is 0.202. The summed E-state index contributed by atoms with van der Waals surface area (Å²) in [7, 11) is 0. The van der Waals surface area contributed by atoms with Crippen molar-refractivity contribution in [2.75, 3.05) is 0 Å². The predicted octanol–water partition coefficient (Wildman–Crippen LogP) is 2.62. The van der Waals surface area contributed by atoms with Gasteiger partial charge in [0, 0.05) is 6.42 Å². The lowest BCUT2D eigenvalue weighted by Crippen LogP contribution is -2.36. The van der Waals surface area contributed by atoms with Gasteiger partial charge >= 0.3 is 0 Å². The number of hydrogen-bond acceptors (Lipinski definition) is 4. The Morgan fingerprint density at radius 2 is 1.80 bits per heavy atom. The van der Waals surface area contributed by atoms with Gasteiger partial charge in [-0.3, -0.25) is 5.41 Å². The van der Waals surface area contributed by atoms with E-state index in [4.69, 9.17) is 10.9 Å². The molecule has 1 atom stereocenters. The Morgan fingerprint density at radius 3 is 2.13 bits per heavy atom. The maximum Gasteiger partial charge on any atom is 0.150 e. The van der Waals surface area contributed by atoms with Gasteiger partial charge in [-0.15, -0.1) is 0 Å². The van der Waals surface area contributed by atoms with Crippen LogP contribution in [0.5, 0.6) is 0 Å². The summed E-state index contributed by atoms with van der Waals surface area (Å²) in [5.74, 6) is 0.845. The summed E-state index contributed by atoms with van der Waals surface area (Å²) in [6, 6.07) is 0. The number of nitrogens with one attached hydrogen (secondary N) is 2. The molecule has 0 saturated carbocycles. The van der Waals surface area contributed by atoms with Gasteiger partial charge in [0.05, 0.1) is 0 Å². The second kappa shape index (κ2) is 6.50. The summed E-state index contributed by atoms with van der Waals surface area (Å²) in [6.07, 6.45) is 0.189. The van der Waals surface area contributed by atoms with E-state index in [9.17, 15) is 5.11 Å². The van der Waals surface area contributed by atoms with Gasteiger partial charge in [-0.2, -0.15) is 5.53 Å². The normalized spacial score (nSPS) is 13.0. The second-order valence-corrected chi connectivity index (χ2v) is 4.60. The van der Waals surface area contributed by atoms with E-state index >= 15 is 0 Å². The zero-order valence-electron chi connectivity index (χ0n) is 9.99. The van der Waals surface area contributed by atoms with E-state index in [2.05, 4.69) is 5.22 Å². The molecule has 0 spiro atoms. The van der Waals surface area contributed by atoms with Crippen molar-refractivity contribution in [1.82, 2.24) is 5.01 Å². The largest absolute Gasteiger partial charge is 0.372 e. The summed E-state index contributed by atoms with van der Waals surface area (Å²) in [6.45, 7) is 7.95. The lowest BCUT2D eigenvalue weighted by molar-refractivity contribution is 0.0276. The number of nitrogens with zero attached hydrogens (tertiary/aromatic N) is 2. The molecule has 0 aromatic heterocycles. The average Bonchev–Trinajstić information content (AvgIpc) is 2.01.